The van der Waals surface area contributed by atoms with Gasteiger partial charge in [0.05, 0.1) is 16.1 Å². The number of hydrogen-bond donors (Lipinski definition) is 3. The van der Waals surface area contributed by atoms with E-state index in [4.69, 9.17) is 17.3 Å². The monoisotopic (exact) mass is 354 g/mol. The van der Waals surface area contributed by atoms with Crippen LogP contribution in [0.25, 0.3) is 11.2 Å². The predicted molar refractivity (Wildman–Crippen MR) is 96.0 cm³/mol. The van der Waals surface area contributed by atoms with Crippen molar-refractivity contribution in [3.63, 3.8) is 0 Å². The molecule has 3 aromatic rings. The zero-order chi connectivity index (χ0) is 17.8. The molecule has 126 valence electrons. The Labute approximate surface area is 149 Å². The van der Waals surface area contributed by atoms with Crippen molar-refractivity contribution in [3.05, 3.63) is 47.0 Å². The highest BCUT2D eigenvalue weighted by atomic mass is 35.5. The first-order valence-electron chi connectivity index (χ1n) is 7.54. The number of nitrogens with zero attached hydrogens (tertiary/aromatic N) is 3. The van der Waals surface area contributed by atoms with Gasteiger partial charge in [-0.25, -0.2) is 15.0 Å². The lowest BCUT2D eigenvalue weighted by Gasteiger charge is -2.08. The number of carbonyl (C=O) groups is 1. The van der Waals surface area contributed by atoms with Crippen molar-refractivity contribution in [1.29, 1.82) is 0 Å². The minimum Gasteiger partial charge on any atom is -0.384 e. The van der Waals surface area contributed by atoms with Crippen molar-refractivity contribution >= 4 is 34.5 Å². The molecule has 25 heavy (non-hydrogen) atoms. The average Bonchev–Trinajstić information content (AvgIpc) is 3.01. The van der Waals surface area contributed by atoms with Crippen LogP contribution in [0.4, 0.5) is 5.82 Å². The van der Waals surface area contributed by atoms with E-state index in [1.807, 2.05) is 13.0 Å². The fourth-order valence-corrected chi connectivity index (χ4v) is 2.34. The number of halogens is 1. The number of hydrogen-bond acceptors (Lipinski definition) is 5. The Morgan fingerprint density at radius 3 is 3.08 bits per heavy atom. The number of aromatic amines is 1. The molecule has 0 saturated carbocycles. The molecule has 3 aromatic heterocycles. The first-order chi connectivity index (χ1) is 12.0. The molecule has 0 aromatic carbocycles. The molecule has 0 unspecified atom stereocenters. The number of pyridine rings is 2. The SMILES string of the molecule is C[C@@H](CC#Cc1cnc(N)cc1Cl)NC(=O)c1nc2ncccc2[nH]1. The highest BCUT2D eigenvalue weighted by molar-refractivity contribution is 6.31. The van der Waals surface area contributed by atoms with Gasteiger partial charge in [0.25, 0.3) is 5.91 Å². The number of nitrogens with two attached hydrogens (primary N) is 1. The predicted octanol–water partition coefficient (Wildman–Crippen LogP) is 2.15. The third-order valence-electron chi connectivity index (χ3n) is 3.36. The number of imidazole rings is 1. The lowest BCUT2D eigenvalue weighted by molar-refractivity contribution is 0.0931. The Bertz CT molecular complexity index is 954. The van der Waals surface area contributed by atoms with E-state index in [1.54, 1.807) is 18.3 Å². The van der Waals surface area contributed by atoms with Crippen molar-refractivity contribution in [2.45, 2.75) is 19.4 Å². The van der Waals surface area contributed by atoms with Crippen LogP contribution < -0.4 is 11.1 Å². The summed E-state index contributed by atoms with van der Waals surface area (Å²) in [7, 11) is 0. The van der Waals surface area contributed by atoms with Crippen molar-refractivity contribution < 1.29 is 4.79 Å². The molecule has 0 aliphatic rings. The number of fused-ring (bicyclic) bond motifs is 1. The highest BCUT2D eigenvalue weighted by Gasteiger charge is 2.13. The van der Waals surface area contributed by atoms with Crippen molar-refractivity contribution in [3.8, 4) is 11.8 Å². The summed E-state index contributed by atoms with van der Waals surface area (Å²) >= 11 is 6.04. The molecule has 0 aliphatic heterocycles. The smallest absolute Gasteiger partial charge is 0.287 e. The molecule has 0 radical (unpaired) electrons. The maximum Gasteiger partial charge on any atom is 0.287 e. The quantitative estimate of drug-likeness (QED) is 0.624. The van der Waals surface area contributed by atoms with Crippen LogP contribution in [0, 0.1) is 11.8 Å². The number of nitrogen functional groups attached to an aromatic ring is 1. The van der Waals surface area contributed by atoms with Gasteiger partial charge in [-0.15, -0.1) is 0 Å². The summed E-state index contributed by atoms with van der Waals surface area (Å²) in [5, 5.41) is 3.29. The number of aromatic nitrogens is 4. The van der Waals surface area contributed by atoms with Crippen LogP contribution in [0.5, 0.6) is 0 Å². The number of carbonyl (C=O) groups excluding carboxylic acids is 1. The van der Waals surface area contributed by atoms with Crippen LogP contribution in [0.3, 0.4) is 0 Å². The van der Waals surface area contributed by atoms with Crippen molar-refractivity contribution in [2.75, 3.05) is 5.73 Å². The molecular formula is C17H15ClN6O. The number of rotatable bonds is 3. The summed E-state index contributed by atoms with van der Waals surface area (Å²) in [6.45, 7) is 1.86. The fourth-order valence-electron chi connectivity index (χ4n) is 2.13. The van der Waals surface area contributed by atoms with Crippen molar-refractivity contribution in [1.82, 2.24) is 25.3 Å². The molecular weight excluding hydrogens is 340 g/mol. The van der Waals surface area contributed by atoms with E-state index in [2.05, 4.69) is 37.1 Å². The van der Waals surface area contributed by atoms with Gasteiger partial charge in [-0.2, -0.15) is 0 Å². The van der Waals surface area contributed by atoms with E-state index >= 15 is 0 Å². The summed E-state index contributed by atoms with van der Waals surface area (Å²) in [6, 6.07) is 4.97. The zero-order valence-electron chi connectivity index (χ0n) is 13.4. The molecule has 1 amide bonds. The highest BCUT2D eigenvalue weighted by Crippen LogP contribution is 2.15. The van der Waals surface area contributed by atoms with Gasteiger partial charge in [-0.3, -0.25) is 4.79 Å². The van der Waals surface area contributed by atoms with E-state index < -0.39 is 0 Å². The minimum absolute atomic E-state index is 0.165. The maximum absolute atomic E-state index is 12.2. The van der Waals surface area contributed by atoms with Crippen LogP contribution in [0.15, 0.2) is 30.6 Å². The Morgan fingerprint density at radius 2 is 2.32 bits per heavy atom. The summed E-state index contributed by atoms with van der Waals surface area (Å²) in [5.74, 6) is 6.15. The summed E-state index contributed by atoms with van der Waals surface area (Å²) in [6.07, 6.45) is 3.60. The van der Waals surface area contributed by atoms with E-state index in [9.17, 15) is 4.79 Å². The number of nitrogens with one attached hydrogen (secondary N) is 2. The minimum atomic E-state index is -0.306. The number of anilines is 1. The van der Waals surface area contributed by atoms with Crippen LogP contribution in [-0.4, -0.2) is 31.9 Å². The molecule has 3 rings (SSSR count). The molecule has 0 aliphatic carbocycles. The molecule has 1 atom stereocenters. The lowest BCUT2D eigenvalue weighted by atomic mass is 10.2. The molecule has 0 bridgehead atoms. The van der Waals surface area contributed by atoms with E-state index in [1.165, 1.54) is 6.20 Å². The van der Waals surface area contributed by atoms with E-state index in [0.29, 0.717) is 34.0 Å². The number of H-pyrrole nitrogens is 1. The fraction of sp³-hybridized carbons (Fsp3) is 0.176. The van der Waals surface area contributed by atoms with E-state index in [0.717, 1.165) is 0 Å². The second-order valence-electron chi connectivity index (χ2n) is 5.43. The van der Waals surface area contributed by atoms with Crippen LogP contribution in [0.1, 0.15) is 29.5 Å². The Morgan fingerprint density at radius 1 is 1.48 bits per heavy atom. The lowest BCUT2D eigenvalue weighted by Crippen LogP contribution is -2.32. The standard InChI is InChI=1S/C17H15ClN6O/c1-10(4-2-5-11-9-21-14(19)8-12(11)18)22-17(25)16-23-13-6-3-7-20-15(13)24-16/h3,6-10H,4H2,1H3,(H2,19,21)(H,22,25)(H,20,23,24)/t10-/m0/s1. The first-order valence-corrected chi connectivity index (χ1v) is 7.92. The van der Waals surface area contributed by atoms with Crippen molar-refractivity contribution in [2.24, 2.45) is 0 Å². The normalized spacial score (nSPS) is 11.6. The zero-order valence-corrected chi connectivity index (χ0v) is 14.1. The van der Waals surface area contributed by atoms with Gasteiger partial charge in [0.1, 0.15) is 5.82 Å². The van der Waals surface area contributed by atoms with Gasteiger partial charge >= 0.3 is 0 Å². The Kier molecular flexibility index (Phi) is 4.82. The molecule has 4 N–H and O–H groups in total. The maximum atomic E-state index is 12.2. The molecule has 0 spiro atoms. The van der Waals surface area contributed by atoms with Gasteiger partial charge in [0.2, 0.25) is 0 Å². The topological polar surface area (TPSA) is 110 Å². The summed E-state index contributed by atoms with van der Waals surface area (Å²) in [4.78, 5) is 27.4. The second kappa shape index (κ2) is 7.20. The third kappa shape index (κ3) is 4.05. The van der Waals surface area contributed by atoms with Gasteiger partial charge in [-0.1, -0.05) is 23.4 Å². The first kappa shape index (κ1) is 16.7. The molecule has 8 heteroatoms. The molecule has 0 fully saturated rings. The van der Waals surface area contributed by atoms with Gasteiger partial charge in [-0.05, 0) is 19.1 Å². The largest absolute Gasteiger partial charge is 0.384 e. The third-order valence-corrected chi connectivity index (χ3v) is 3.67. The van der Waals surface area contributed by atoms with Gasteiger partial charge in [0, 0.05) is 30.9 Å². The van der Waals surface area contributed by atoms with Crippen LogP contribution >= 0.6 is 11.6 Å². The van der Waals surface area contributed by atoms with Crippen LogP contribution in [0.2, 0.25) is 5.02 Å². The molecule has 0 saturated heterocycles. The average molecular weight is 355 g/mol. The molecule has 7 nitrogen and oxygen atoms in total. The number of amides is 1. The second-order valence-corrected chi connectivity index (χ2v) is 5.84. The van der Waals surface area contributed by atoms with Gasteiger partial charge < -0.3 is 16.0 Å². The van der Waals surface area contributed by atoms with E-state index in [-0.39, 0.29) is 17.8 Å². The van der Waals surface area contributed by atoms with Crippen LogP contribution in [-0.2, 0) is 0 Å². The Hall–Kier alpha value is -3.11. The summed E-state index contributed by atoms with van der Waals surface area (Å²) in [5.41, 5.74) is 7.35. The van der Waals surface area contributed by atoms with Gasteiger partial charge in [0.15, 0.2) is 11.5 Å². The molecule has 3 heterocycles. The Balaban J connectivity index is 1.61. The summed E-state index contributed by atoms with van der Waals surface area (Å²) < 4.78 is 0.